The Labute approximate surface area is 168 Å². The summed E-state index contributed by atoms with van der Waals surface area (Å²) in [6.07, 6.45) is 0. The zero-order valence-electron chi connectivity index (χ0n) is 15.9. The van der Waals surface area contributed by atoms with Gasteiger partial charge in [-0.2, -0.15) is 0 Å². The van der Waals surface area contributed by atoms with Crippen LogP contribution in [0.25, 0.3) is 11.0 Å². The highest BCUT2D eigenvalue weighted by Crippen LogP contribution is 2.31. The molecule has 0 saturated carbocycles. The van der Waals surface area contributed by atoms with Crippen LogP contribution in [0.15, 0.2) is 46.9 Å². The number of ether oxygens (including phenoxy) is 1. The Bertz CT molecular complexity index is 1030. The van der Waals surface area contributed by atoms with Crippen molar-refractivity contribution in [3.05, 3.63) is 58.8 Å². The highest BCUT2D eigenvalue weighted by molar-refractivity contribution is 6.35. The minimum atomic E-state index is -0.359. The van der Waals surface area contributed by atoms with Crippen LogP contribution < -0.4 is 10.1 Å². The number of hydrogen-bond acceptors (Lipinski definition) is 4. The number of carbonyl (C=O) groups excluding carboxylic acids is 2. The fourth-order valence-electron chi connectivity index (χ4n) is 2.99. The highest BCUT2D eigenvalue weighted by atomic mass is 35.5. The van der Waals surface area contributed by atoms with Gasteiger partial charge in [-0.25, -0.2) is 0 Å². The second-order valence-electron chi connectivity index (χ2n) is 6.24. The summed E-state index contributed by atoms with van der Waals surface area (Å²) in [4.78, 5) is 26.9. The molecule has 0 bridgehead atoms. The van der Waals surface area contributed by atoms with E-state index in [1.165, 1.54) is 12.0 Å². The molecule has 28 heavy (non-hydrogen) atoms. The third kappa shape index (κ3) is 3.82. The van der Waals surface area contributed by atoms with Crippen molar-refractivity contribution in [3.8, 4) is 5.75 Å². The van der Waals surface area contributed by atoms with Crippen LogP contribution in [0, 0.1) is 6.92 Å². The maximum Gasteiger partial charge on any atom is 0.290 e. The molecular formula is C21H21ClN2O4. The van der Waals surface area contributed by atoms with E-state index in [1.54, 1.807) is 44.2 Å². The molecule has 1 heterocycles. The van der Waals surface area contributed by atoms with Crippen LogP contribution in [0.4, 0.5) is 5.69 Å². The topological polar surface area (TPSA) is 71.8 Å². The third-order valence-corrected chi connectivity index (χ3v) is 4.79. The summed E-state index contributed by atoms with van der Waals surface area (Å²) in [7, 11) is 1.53. The van der Waals surface area contributed by atoms with Crippen molar-refractivity contribution in [1.82, 2.24) is 4.90 Å². The lowest BCUT2D eigenvalue weighted by Crippen LogP contribution is -2.38. The molecule has 7 heteroatoms. The summed E-state index contributed by atoms with van der Waals surface area (Å²) in [5, 5.41) is 4.00. The third-order valence-electron chi connectivity index (χ3n) is 4.49. The molecule has 6 nitrogen and oxygen atoms in total. The minimum absolute atomic E-state index is 0.113. The van der Waals surface area contributed by atoms with Gasteiger partial charge in [0.05, 0.1) is 17.8 Å². The molecule has 0 saturated heterocycles. The summed E-state index contributed by atoms with van der Waals surface area (Å²) in [5.74, 6) is 0.0528. The molecule has 0 radical (unpaired) electrons. The van der Waals surface area contributed by atoms with Crippen LogP contribution in [0.5, 0.6) is 5.75 Å². The first kappa shape index (κ1) is 19.8. The largest absolute Gasteiger partial charge is 0.495 e. The lowest BCUT2D eigenvalue weighted by Gasteiger charge is -2.20. The van der Waals surface area contributed by atoms with Crippen molar-refractivity contribution in [2.24, 2.45) is 0 Å². The quantitative estimate of drug-likeness (QED) is 0.661. The fraction of sp³-hybridized carbons (Fsp3) is 0.238. The molecule has 146 valence electrons. The first-order valence-corrected chi connectivity index (χ1v) is 9.23. The number of aryl methyl sites for hydroxylation is 1. The van der Waals surface area contributed by atoms with Crippen molar-refractivity contribution >= 4 is 40.1 Å². The number of likely N-dealkylation sites (N-methyl/N-ethyl adjacent to an activating group) is 1. The molecule has 3 aromatic rings. The van der Waals surface area contributed by atoms with Crippen molar-refractivity contribution < 1.29 is 18.7 Å². The molecule has 2 aromatic carbocycles. The first-order valence-electron chi connectivity index (χ1n) is 8.86. The number of anilines is 1. The Hall–Kier alpha value is -2.99. The number of hydrogen-bond donors (Lipinski definition) is 1. The van der Waals surface area contributed by atoms with Gasteiger partial charge in [0.25, 0.3) is 5.91 Å². The second-order valence-corrected chi connectivity index (χ2v) is 6.65. The van der Waals surface area contributed by atoms with E-state index in [1.807, 2.05) is 12.1 Å². The Balaban J connectivity index is 1.80. The summed E-state index contributed by atoms with van der Waals surface area (Å²) in [6, 6.07) is 12.5. The smallest absolute Gasteiger partial charge is 0.290 e. The molecule has 0 spiro atoms. The van der Waals surface area contributed by atoms with Gasteiger partial charge in [-0.05, 0) is 32.0 Å². The van der Waals surface area contributed by atoms with Gasteiger partial charge in [0, 0.05) is 17.5 Å². The van der Waals surface area contributed by atoms with E-state index >= 15 is 0 Å². The van der Waals surface area contributed by atoms with Crippen molar-refractivity contribution in [3.63, 3.8) is 0 Å². The van der Waals surface area contributed by atoms with E-state index in [2.05, 4.69) is 5.32 Å². The van der Waals surface area contributed by atoms with Crippen LogP contribution in [0.3, 0.4) is 0 Å². The van der Waals surface area contributed by atoms with Gasteiger partial charge >= 0.3 is 0 Å². The molecule has 0 aliphatic heterocycles. The van der Waals surface area contributed by atoms with Gasteiger partial charge in [0.1, 0.15) is 12.3 Å². The summed E-state index contributed by atoms with van der Waals surface area (Å²) in [6.45, 7) is 3.84. The lowest BCUT2D eigenvalue weighted by atomic mass is 10.1. The number of para-hydroxylation sites is 3. The van der Waals surface area contributed by atoms with Crippen LogP contribution in [0.1, 0.15) is 23.0 Å². The fourth-order valence-corrected chi connectivity index (χ4v) is 3.21. The first-order chi connectivity index (χ1) is 13.5. The van der Waals surface area contributed by atoms with E-state index in [-0.39, 0.29) is 24.1 Å². The Morgan fingerprint density at radius 1 is 1.18 bits per heavy atom. The predicted molar refractivity (Wildman–Crippen MR) is 109 cm³/mol. The number of furan rings is 1. The normalized spacial score (nSPS) is 10.7. The number of fused-ring (bicyclic) bond motifs is 1. The van der Waals surface area contributed by atoms with Gasteiger partial charge in [-0.1, -0.05) is 35.9 Å². The predicted octanol–water partition coefficient (Wildman–Crippen LogP) is 4.50. The molecule has 0 aliphatic carbocycles. The van der Waals surface area contributed by atoms with Crippen LogP contribution in [-0.2, 0) is 4.79 Å². The Morgan fingerprint density at radius 3 is 2.61 bits per heavy atom. The maximum atomic E-state index is 13.0. The SMILES string of the molecule is CCN(CC(=O)Nc1ccccc1OC)C(=O)c1oc2c(Cl)cccc2c1C. The molecular weight excluding hydrogens is 380 g/mol. The van der Waals surface area contributed by atoms with Gasteiger partial charge < -0.3 is 19.4 Å². The monoisotopic (exact) mass is 400 g/mol. The maximum absolute atomic E-state index is 13.0. The molecule has 2 amide bonds. The van der Waals surface area contributed by atoms with E-state index in [0.29, 0.717) is 34.2 Å². The number of benzene rings is 2. The average molecular weight is 401 g/mol. The number of rotatable bonds is 6. The van der Waals surface area contributed by atoms with Crippen LogP contribution in [0.2, 0.25) is 5.02 Å². The summed E-state index contributed by atoms with van der Waals surface area (Å²) in [5.41, 5.74) is 1.72. The van der Waals surface area contributed by atoms with E-state index in [9.17, 15) is 9.59 Å². The van der Waals surface area contributed by atoms with Gasteiger partial charge in [0.15, 0.2) is 11.3 Å². The average Bonchev–Trinajstić information content (AvgIpc) is 3.04. The van der Waals surface area contributed by atoms with Crippen LogP contribution in [-0.4, -0.2) is 36.9 Å². The minimum Gasteiger partial charge on any atom is -0.495 e. The number of amides is 2. The van der Waals surface area contributed by atoms with Gasteiger partial charge in [0.2, 0.25) is 5.91 Å². The Kier molecular flexibility index (Phi) is 5.90. The molecule has 0 unspecified atom stereocenters. The summed E-state index contributed by atoms with van der Waals surface area (Å²) < 4.78 is 11.0. The number of carbonyl (C=O) groups is 2. The van der Waals surface area contributed by atoms with Crippen molar-refractivity contribution in [1.29, 1.82) is 0 Å². The molecule has 3 rings (SSSR count). The van der Waals surface area contributed by atoms with Crippen LogP contribution >= 0.6 is 11.6 Å². The van der Waals surface area contributed by atoms with E-state index < -0.39 is 0 Å². The zero-order valence-corrected chi connectivity index (χ0v) is 16.7. The van der Waals surface area contributed by atoms with Crippen molar-refractivity contribution in [2.75, 3.05) is 25.5 Å². The molecule has 0 aliphatic rings. The number of halogens is 1. The lowest BCUT2D eigenvalue weighted by molar-refractivity contribution is -0.116. The molecule has 0 fully saturated rings. The zero-order chi connectivity index (χ0) is 20.3. The molecule has 0 atom stereocenters. The van der Waals surface area contributed by atoms with Gasteiger partial charge in [-0.3, -0.25) is 9.59 Å². The standard InChI is InChI=1S/C21H21ClN2O4/c1-4-24(12-18(25)23-16-10-5-6-11-17(16)27-3)21(26)19-13(2)14-8-7-9-15(22)20(14)28-19/h5-11H,4,12H2,1-3H3,(H,23,25). The molecule has 1 N–H and O–H groups in total. The highest BCUT2D eigenvalue weighted by Gasteiger charge is 2.25. The Morgan fingerprint density at radius 2 is 1.93 bits per heavy atom. The number of nitrogens with zero attached hydrogens (tertiary/aromatic N) is 1. The molecule has 1 aromatic heterocycles. The van der Waals surface area contributed by atoms with Gasteiger partial charge in [-0.15, -0.1) is 0 Å². The number of methoxy groups -OCH3 is 1. The number of nitrogens with one attached hydrogen (secondary N) is 1. The van der Waals surface area contributed by atoms with E-state index in [4.69, 9.17) is 20.8 Å². The van der Waals surface area contributed by atoms with Crippen molar-refractivity contribution in [2.45, 2.75) is 13.8 Å². The van der Waals surface area contributed by atoms with E-state index in [0.717, 1.165) is 5.39 Å². The second kappa shape index (κ2) is 8.35. The summed E-state index contributed by atoms with van der Waals surface area (Å²) >= 11 is 6.17.